The van der Waals surface area contributed by atoms with Crippen molar-refractivity contribution >= 4 is 27.5 Å². The zero-order chi connectivity index (χ0) is 15.4. The molecule has 1 aliphatic heterocycles. The third-order valence-electron chi connectivity index (χ3n) is 3.49. The van der Waals surface area contributed by atoms with Gasteiger partial charge in [0.2, 0.25) is 0 Å². The Hall–Kier alpha value is -1.18. The highest BCUT2D eigenvalue weighted by atomic mass is 79.9. The van der Waals surface area contributed by atoms with Gasteiger partial charge in [0.05, 0.1) is 24.0 Å². The molecule has 1 aliphatic rings. The molecular weight excluding hydrogens is 341 g/mol. The molecule has 3 N–H and O–H groups in total. The first-order chi connectivity index (χ1) is 10.0. The molecule has 0 bridgehead atoms. The van der Waals surface area contributed by atoms with E-state index in [0.717, 1.165) is 19.6 Å². The highest BCUT2D eigenvalue weighted by Gasteiger charge is 2.21. The lowest BCUT2D eigenvalue weighted by Crippen LogP contribution is -2.47. The summed E-state index contributed by atoms with van der Waals surface area (Å²) in [6.07, 6.45) is -0.0285. The minimum atomic E-state index is -0.548. The molecule has 116 valence electrons. The number of likely N-dealkylation sites (N-methyl/N-ethyl adjacent to an activating group) is 1. The van der Waals surface area contributed by atoms with E-state index in [4.69, 9.17) is 10.5 Å². The van der Waals surface area contributed by atoms with Gasteiger partial charge in [-0.1, -0.05) is 6.92 Å². The van der Waals surface area contributed by atoms with Gasteiger partial charge in [0.15, 0.2) is 0 Å². The maximum absolute atomic E-state index is 13.3. The molecule has 1 amide bonds. The van der Waals surface area contributed by atoms with Crippen LogP contribution in [0.4, 0.5) is 10.1 Å². The van der Waals surface area contributed by atoms with Gasteiger partial charge in [0, 0.05) is 24.1 Å². The molecule has 1 heterocycles. The summed E-state index contributed by atoms with van der Waals surface area (Å²) in [5, 5.41) is 2.80. The number of carbonyl (C=O) groups excluding carboxylic acids is 1. The molecule has 7 heteroatoms. The molecule has 0 saturated carbocycles. The number of morpholine rings is 1. The number of nitrogens with zero attached hydrogens (tertiary/aromatic N) is 1. The fourth-order valence-electron chi connectivity index (χ4n) is 2.23. The molecule has 1 fully saturated rings. The third kappa shape index (κ3) is 4.15. The topological polar surface area (TPSA) is 67.6 Å². The Morgan fingerprint density at radius 1 is 1.62 bits per heavy atom. The number of carbonyl (C=O) groups is 1. The van der Waals surface area contributed by atoms with Crippen LogP contribution in [-0.2, 0) is 4.74 Å². The molecular formula is C14H19BrFN3O2. The summed E-state index contributed by atoms with van der Waals surface area (Å²) in [6.45, 7) is 5.86. The number of benzene rings is 1. The van der Waals surface area contributed by atoms with E-state index in [-0.39, 0.29) is 17.7 Å². The summed E-state index contributed by atoms with van der Waals surface area (Å²) in [4.78, 5) is 14.4. The van der Waals surface area contributed by atoms with Gasteiger partial charge in [0.1, 0.15) is 5.82 Å². The van der Waals surface area contributed by atoms with Crippen molar-refractivity contribution in [1.29, 1.82) is 0 Å². The van der Waals surface area contributed by atoms with Crippen LogP contribution in [0, 0.1) is 5.82 Å². The monoisotopic (exact) mass is 359 g/mol. The average Bonchev–Trinajstić information content (AvgIpc) is 2.48. The van der Waals surface area contributed by atoms with Crippen LogP contribution in [-0.4, -0.2) is 49.7 Å². The zero-order valence-corrected chi connectivity index (χ0v) is 13.5. The number of anilines is 1. The molecule has 0 radical (unpaired) electrons. The first kappa shape index (κ1) is 16.2. The molecule has 5 nitrogen and oxygen atoms in total. The first-order valence-electron chi connectivity index (χ1n) is 6.88. The quantitative estimate of drug-likeness (QED) is 0.801. The van der Waals surface area contributed by atoms with Crippen molar-refractivity contribution in [2.24, 2.45) is 0 Å². The highest BCUT2D eigenvalue weighted by Crippen LogP contribution is 2.22. The molecule has 0 aliphatic carbocycles. The Labute approximate surface area is 131 Å². The molecule has 21 heavy (non-hydrogen) atoms. The molecule has 1 saturated heterocycles. The third-order valence-corrected chi connectivity index (χ3v) is 4.15. The number of rotatable bonds is 4. The van der Waals surface area contributed by atoms with E-state index >= 15 is 0 Å². The van der Waals surface area contributed by atoms with Crippen LogP contribution in [0.15, 0.2) is 16.6 Å². The fraction of sp³-hybridized carbons (Fsp3) is 0.500. The molecule has 1 aromatic rings. The van der Waals surface area contributed by atoms with Gasteiger partial charge >= 0.3 is 0 Å². The second-order valence-corrected chi connectivity index (χ2v) is 5.80. The van der Waals surface area contributed by atoms with E-state index in [1.165, 1.54) is 12.1 Å². The van der Waals surface area contributed by atoms with Gasteiger partial charge in [-0.25, -0.2) is 4.39 Å². The minimum absolute atomic E-state index is 0.0285. The number of nitrogen functional groups attached to an aromatic ring is 1. The number of nitrogens with one attached hydrogen (secondary N) is 1. The Balaban J connectivity index is 1.94. The van der Waals surface area contributed by atoms with Gasteiger partial charge in [-0.15, -0.1) is 0 Å². The maximum Gasteiger partial charge on any atom is 0.252 e. The van der Waals surface area contributed by atoms with Crippen LogP contribution in [0.25, 0.3) is 0 Å². The summed E-state index contributed by atoms with van der Waals surface area (Å²) in [6, 6.07) is 2.52. The zero-order valence-electron chi connectivity index (χ0n) is 11.9. The Bertz CT molecular complexity index is 527. The largest absolute Gasteiger partial charge is 0.396 e. The predicted molar refractivity (Wildman–Crippen MR) is 82.7 cm³/mol. The summed E-state index contributed by atoms with van der Waals surface area (Å²) >= 11 is 3.17. The van der Waals surface area contributed by atoms with Crippen LogP contribution in [0.2, 0.25) is 0 Å². The maximum atomic E-state index is 13.3. The highest BCUT2D eigenvalue weighted by molar-refractivity contribution is 9.10. The van der Waals surface area contributed by atoms with Crippen LogP contribution in [0.3, 0.4) is 0 Å². The molecule has 2 rings (SSSR count). The molecule has 1 aromatic carbocycles. The van der Waals surface area contributed by atoms with Crippen LogP contribution < -0.4 is 11.1 Å². The normalized spacial score (nSPS) is 19.5. The molecule has 0 aromatic heterocycles. The SMILES string of the molecule is CCN1CCOC(CNC(=O)c2cc(N)c(F)cc2Br)C1. The number of amides is 1. The van der Waals surface area contributed by atoms with Crippen molar-refractivity contribution in [1.82, 2.24) is 10.2 Å². The van der Waals surface area contributed by atoms with E-state index in [0.29, 0.717) is 23.2 Å². The fourth-order valence-corrected chi connectivity index (χ4v) is 2.73. The van der Waals surface area contributed by atoms with Gasteiger partial charge in [-0.3, -0.25) is 9.69 Å². The van der Waals surface area contributed by atoms with E-state index < -0.39 is 5.82 Å². The molecule has 1 atom stereocenters. The lowest BCUT2D eigenvalue weighted by Gasteiger charge is -2.32. The van der Waals surface area contributed by atoms with Crippen molar-refractivity contribution in [2.75, 3.05) is 38.5 Å². The van der Waals surface area contributed by atoms with Gasteiger partial charge in [-0.2, -0.15) is 0 Å². The summed E-state index contributed by atoms with van der Waals surface area (Å²) in [5.41, 5.74) is 5.77. The second-order valence-electron chi connectivity index (χ2n) is 4.95. The smallest absolute Gasteiger partial charge is 0.252 e. The predicted octanol–water partition coefficient (Wildman–Crippen LogP) is 1.62. The number of ether oxygens (including phenoxy) is 1. The van der Waals surface area contributed by atoms with Gasteiger partial charge in [-0.05, 0) is 34.6 Å². The molecule has 0 spiro atoms. The summed E-state index contributed by atoms with van der Waals surface area (Å²) in [7, 11) is 0. The van der Waals surface area contributed by atoms with Crippen LogP contribution in [0.1, 0.15) is 17.3 Å². The summed E-state index contributed by atoms with van der Waals surface area (Å²) in [5.74, 6) is -0.849. The Morgan fingerprint density at radius 3 is 3.10 bits per heavy atom. The van der Waals surface area contributed by atoms with Crippen molar-refractivity contribution in [2.45, 2.75) is 13.0 Å². The summed E-state index contributed by atoms with van der Waals surface area (Å²) < 4.78 is 19.3. The Kier molecular flexibility index (Phi) is 5.55. The minimum Gasteiger partial charge on any atom is -0.396 e. The van der Waals surface area contributed by atoms with E-state index in [1.807, 2.05) is 0 Å². The number of hydrogen-bond donors (Lipinski definition) is 2. The van der Waals surface area contributed by atoms with Crippen molar-refractivity contribution < 1.29 is 13.9 Å². The van der Waals surface area contributed by atoms with Gasteiger partial charge in [0.25, 0.3) is 5.91 Å². The number of hydrogen-bond acceptors (Lipinski definition) is 4. The number of halogens is 2. The van der Waals surface area contributed by atoms with E-state index in [2.05, 4.69) is 33.1 Å². The van der Waals surface area contributed by atoms with Crippen molar-refractivity contribution in [3.8, 4) is 0 Å². The van der Waals surface area contributed by atoms with E-state index in [9.17, 15) is 9.18 Å². The van der Waals surface area contributed by atoms with Gasteiger partial charge < -0.3 is 15.8 Å². The van der Waals surface area contributed by atoms with Crippen molar-refractivity contribution in [3.63, 3.8) is 0 Å². The van der Waals surface area contributed by atoms with Crippen molar-refractivity contribution in [3.05, 3.63) is 28.0 Å². The average molecular weight is 360 g/mol. The first-order valence-corrected chi connectivity index (χ1v) is 7.67. The standard InChI is InChI=1S/C14H19BrFN3O2/c1-2-19-3-4-21-9(8-19)7-18-14(20)10-5-13(17)12(16)6-11(10)15/h5-6,9H,2-4,7-8,17H2,1H3,(H,18,20). The molecule has 1 unspecified atom stereocenters. The Morgan fingerprint density at radius 2 is 2.38 bits per heavy atom. The van der Waals surface area contributed by atoms with Crippen LogP contribution in [0.5, 0.6) is 0 Å². The lowest BCUT2D eigenvalue weighted by atomic mass is 10.1. The van der Waals surface area contributed by atoms with Crippen LogP contribution >= 0.6 is 15.9 Å². The van der Waals surface area contributed by atoms with E-state index in [1.54, 1.807) is 0 Å². The lowest BCUT2D eigenvalue weighted by molar-refractivity contribution is -0.0246. The number of nitrogens with two attached hydrogens (primary N) is 1. The second kappa shape index (κ2) is 7.20.